The molecule has 0 N–H and O–H groups in total. The molecule has 0 aromatic heterocycles. The van der Waals surface area contributed by atoms with Crippen molar-refractivity contribution >= 4 is 34.1 Å². The van der Waals surface area contributed by atoms with Gasteiger partial charge in [0.05, 0.1) is 16.8 Å². The lowest BCUT2D eigenvalue weighted by atomic mass is 9.61. The number of anilines is 6. The normalized spacial score (nSPS) is 15.7. The zero-order chi connectivity index (χ0) is 55.6. The Morgan fingerprint density at radius 1 is 0.265 bits per heavy atom. The molecular formula is C79H58N2O2. The summed E-state index contributed by atoms with van der Waals surface area (Å²) in [4.78, 5) is 4.90. The maximum absolute atomic E-state index is 7.62. The van der Waals surface area contributed by atoms with E-state index in [0.29, 0.717) is 0 Å². The molecule has 12 aromatic carbocycles. The minimum absolute atomic E-state index is 0.229. The highest BCUT2D eigenvalue weighted by Crippen LogP contribution is 2.66. The number of rotatable bonds is 8. The van der Waals surface area contributed by atoms with Crippen molar-refractivity contribution in [2.24, 2.45) is 0 Å². The van der Waals surface area contributed by atoms with Crippen molar-refractivity contribution < 1.29 is 9.47 Å². The standard InChI is InChI=1S/C79H58N2O2/c1-77(2)63-30-13-11-28-59(63)61-46-44-57(49-68(61)77)80(55-42-40-53(41-43-55)51-22-7-5-8-23-51)70-35-21-39-74-75(70)79(65-32-15-17-37-72(65)82-74)66-33-16-18-38-73(66)83-76-67(79)34-20-36-71(76)81(56-27-19-26-54(48-56)52-24-9-6-10-25-52)58-45-47-62-60-29-12-14-31-64(60)78(3,4)69(62)50-58/h5-50H,1-4H3. The molecule has 2 aliphatic heterocycles. The lowest BCUT2D eigenvalue weighted by molar-refractivity contribution is 0.400. The van der Waals surface area contributed by atoms with E-state index in [2.05, 4.69) is 317 Å². The predicted molar refractivity (Wildman–Crippen MR) is 340 cm³/mol. The van der Waals surface area contributed by atoms with Gasteiger partial charge < -0.3 is 19.3 Å². The number of para-hydroxylation sites is 3. The SMILES string of the molecule is CC1(C)c2ccccc2-c2ccc(N(c3cccc(-c4ccccc4)c3)c3cccc4c3Oc3ccccc3C43c4ccccc4Oc4cccc(N(c5ccc(-c6ccccc6)cc5)c5ccc6c(c5)C(C)(C)c5ccccc5-6)c43)cc21. The Morgan fingerprint density at radius 3 is 1.29 bits per heavy atom. The van der Waals surface area contributed by atoms with Crippen LogP contribution in [0.2, 0.25) is 0 Å². The summed E-state index contributed by atoms with van der Waals surface area (Å²) in [6.07, 6.45) is 0. The lowest BCUT2D eigenvalue weighted by Gasteiger charge is -2.47. The molecule has 16 rings (SSSR count). The minimum atomic E-state index is -0.978. The van der Waals surface area contributed by atoms with Crippen molar-refractivity contribution in [1.29, 1.82) is 0 Å². The van der Waals surface area contributed by atoms with Crippen molar-refractivity contribution in [1.82, 2.24) is 0 Å². The fourth-order valence-corrected chi connectivity index (χ4v) is 14.5. The van der Waals surface area contributed by atoms with Crippen LogP contribution in [0, 0.1) is 0 Å². The molecule has 396 valence electrons. The van der Waals surface area contributed by atoms with E-state index in [1.54, 1.807) is 0 Å². The Kier molecular flexibility index (Phi) is 10.8. The first-order valence-corrected chi connectivity index (χ1v) is 28.9. The molecule has 2 aliphatic carbocycles. The van der Waals surface area contributed by atoms with Crippen LogP contribution in [0.25, 0.3) is 44.5 Å². The first-order valence-electron chi connectivity index (χ1n) is 28.9. The molecular weight excluding hydrogens is 1010 g/mol. The number of hydrogen-bond donors (Lipinski definition) is 0. The van der Waals surface area contributed by atoms with Crippen molar-refractivity contribution in [3.05, 3.63) is 324 Å². The molecule has 1 unspecified atom stereocenters. The number of benzene rings is 12. The summed E-state index contributed by atoms with van der Waals surface area (Å²) in [6.45, 7) is 9.44. The molecule has 1 atom stereocenters. The Hall–Kier alpha value is -10.2. The van der Waals surface area contributed by atoms with Crippen molar-refractivity contribution in [3.8, 4) is 67.5 Å². The van der Waals surface area contributed by atoms with Gasteiger partial charge in [0, 0.05) is 55.8 Å². The summed E-state index contributed by atoms with van der Waals surface area (Å²) in [5, 5.41) is 0. The zero-order valence-electron chi connectivity index (χ0n) is 46.8. The van der Waals surface area contributed by atoms with E-state index in [9.17, 15) is 0 Å². The molecule has 0 radical (unpaired) electrons. The first kappa shape index (κ1) is 48.7. The molecule has 83 heavy (non-hydrogen) atoms. The van der Waals surface area contributed by atoms with E-state index < -0.39 is 5.41 Å². The summed E-state index contributed by atoms with van der Waals surface area (Å²) in [7, 11) is 0. The fourth-order valence-electron chi connectivity index (χ4n) is 14.5. The first-order chi connectivity index (χ1) is 40.7. The highest BCUT2D eigenvalue weighted by molar-refractivity contribution is 5.93. The van der Waals surface area contributed by atoms with Crippen LogP contribution in [-0.4, -0.2) is 0 Å². The van der Waals surface area contributed by atoms with Gasteiger partial charge in [0.1, 0.15) is 17.2 Å². The topological polar surface area (TPSA) is 24.9 Å². The van der Waals surface area contributed by atoms with Gasteiger partial charge in [-0.25, -0.2) is 0 Å². The van der Waals surface area contributed by atoms with Crippen LogP contribution in [0.4, 0.5) is 34.1 Å². The molecule has 1 spiro atoms. The van der Waals surface area contributed by atoms with Gasteiger partial charge in [0.15, 0.2) is 5.75 Å². The summed E-state index contributed by atoms with van der Waals surface area (Å²) < 4.78 is 14.9. The summed E-state index contributed by atoms with van der Waals surface area (Å²) in [6, 6.07) is 102. The molecule has 4 nitrogen and oxygen atoms in total. The van der Waals surface area contributed by atoms with Gasteiger partial charge in [-0.2, -0.15) is 0 Å². The van der Waals surface area contributed by atoms with Crippen LogP contribution < -0.4 is 19.3 Å². The van der Waals surface area contributed by atoms with Gasteiger partial charge in [0.25, 0.3) is 0 Å². The van der Waals surface area contributed by atoms with Gasteiger partial charge >= 0.3 is 0 Å². The van der Waals surface area contributed by atoms with Crippen LogP contribution >= 0.6 is 0 Å². The van der Waals surface area contributed by atoms with E-state index in [0.717, 1.165) is 96.1 Å². The smallest absolute Gasteiger partial charge is 0.156 e. The Balaban J connectivity index is 0.968. The third-order valence-corrected chi connectivity index (χ3v) is 18.4. The fraction of sp³-hybridized carbons (Fsp3) is 0.0886. The number of hydrogen-bond acceptors (Lipinski definition) is 4. The summed E-state index contributed by atoms with van der Waals surface area (Å²) in [5.41, 5.74) is 23.7. The van der Waals surface area contributed by atoms with E-state index in [4.69, 9.17) is 9.47 Å². The number of nitrogens with zero attached hydrogens (tertiary/aromatic N) is 2. The summed E-state index contributed by atoms with van der Waals surface area (Å²) in [5.74, 6) is 3.13. The van der Waals surface area contributed by atoms with Gasteiger partial charge in [-0.1, -0.05) is 228 Å². The lowest BCUT2D eigenvalue weighted by Crippen LogP contribution is -2.38. The predicted octanol–water partition coefficient (Wildman–Crippen LogP) is 21.2. The molecule has 0 amide bonds. The van der Waals surface area contributed by atoms with E-state index >= 15 is 0 Å². The molecule has 0 saturated heterocycles. The monoisotopic (exact) mass is 1070 g/mol. The molecule has 0 fully saturated rings. The van der Waals surface area contributed by atoms with Gasteiger partial charge in [-0.15, -0.1) is 0 Å². The molecule has 4 heteroatoms. The van der Waals surface area contributed by atoms with Gasteiger partial charge in [-0.05, 0) is 146 Å². The molecule has 0 saturated carbocycles. The van der Waals surface area contributed by atoms with Crippen LogP contribution in [-0.2, 0) is 16.2 Å². The van der Waals surface area contributed by atoms with Crippen molar-refractivity contribution in [2.75, 3.05) is 9.80 Å². The number of fused-ring (bicyclic) bond motifs is 14. The van der Waals surface area contributed by atoms with Crippen molar-refractivity contribution in [3.63, 3.8) is 0 Å². The third kappa shape index (κ3) is 7.25. The average Bonchev–Trinajstić information content (AvgIpc) is 2.91. The highest BCUT2D eigenvalue weighted by Gasteiger charge is 2.53. The molecule has 2 heterocycles. The Morgan fingerprint density at radius 2 is 0.675 bits per heavy atom. The largest absolute Gasteiger partial charge is 0.457 e. The molecule has 4 aliphatic rings. The van der Waals surface area contributed by atoms with Crippen LogP contribution in [0.5, 0.6) is 23.0 Å². The van der Waals surface area contributed by atoms with Gasteiger partial charge in [-0.3, -0.25) is 0 Å². The quantitative estimate of drug-likeness (QED) is 0.151. The minimum Gasteiger partial charge on any atom is -0.457 e. The highest BCUT2D eigenvalue weighted by atomic mass is 16.5. The Bertz CT molecular complexity index is 4570. The zero-order valence-corrected chi connectivity index (χ0v) is 46.8. The second-order valence-electron chi connectivity index (χ2n) is 23.6. The average molecular weight is 1070 g/mol. The molecule has 12 aromatic rings. The Labute approximate surface area is 485 Å². The second kappa shape index (κ2) is 18.4. The van der Waals surface area contributed by atoms with Crippen molar-refractivity contribution in [2.45, 2.75) is 43.9 Å². The number of ether oxygens (including phenoxy) is 2. The maximum Gasteiger partial charge on any atom is 0.156 e. The second-order valence-corrected chi connectivity index (χ2v) is 23.6. The van der Waals surface area contributed by atoms with E-state index in [1.807, 2.05) is 0 Å². The van der Waals surface area contributed by atoms with Crippen LogP contribution in [0.3, 0.4) is 0 Å². The van der Waals surface area contributed by atoms with Gasteiger partial charge in [0.2, 0.25) is 0 Å². The van der Waals surface area contributed by atoms with E-state index in [1.165, 1.54) is 50.1 Å². The third-order valence-electron chi connectivity index (χ3n) is 18.4. The molecule has 0 bridgehead atoms. The van der Waals surface area contributed by atoms with Crippen LogP contribution in [0.15, 0.2) is 279 Å². The van der Waals surface area contributed by atoms with Crippen LogP contribution in [0.1, 0.15) is 72.2 Å². The van der Waals surface area contributed by atoms with E-state index in [-0.39, 0.29) is 10.8 Å². The maximum atomic E-state index is 7.62. The summed E-state index contributed by atoms with van der Waals surface area (Å²) >= 11 is 0.